The van der Waals surface area contributed by atoms with Crippen molar-refractivity contribution < 1.29 is 13.6 Å². The van der Waals surface area contributed by atoms with Gasteiger partial charge in [-0.15, -0.1) is 0 Å². The van der Waals surface area contributed by atoms with E-state index in [9.17, 15) is 4.57 Å². The summed E-state index contributed by atoms with van der Waals surface area (Å²) in [6.07, 6.45) is 0.448. The van der Waals surface area contributed by atoms with Crippen LogP contribution >= 0.6 is 7.60 Å². The molecule has 3 nitrogen and oxygen atoms in total. The highest BCUT2D eigenvalue weighted by Crippen LogP contribution is 2.55. The lowest BCUT2D eigenvalue weighted by molar-refractivity contribution is 0.0864. The molecule has 1 atom stereocenters. The Labute approximate surface area is 107 Å². The standard InChI is InChI=1S/C13H29O3P/c1-11(2)9-15-17(14,10-12(3,4)5)16-13(6,7)8/h11H,9-10H2,1-8H3. The minimum atomic E-state index is -3.02. The lowest BCUT2D eigenvalue weighted by Crippen LogP contribution is -2.23. The van der Waals surface area contributed by atoms with Crippen molar-refractivity contribution in [3.05, 3.63) is 0 Å². The van der Waals surface area contributed by atoms with Crippen molar-refractivity contribution in [1.29, 1.82) is 0 Å². The van der Waals surface area contributed by atoms with Gasteiger partial charge in [0.2, 0.25) is 0 Å². The molecule has 0 aliphatic heterocycles. The molecule has 17 heavy (non-hydrogen) atoms. The number of hydrogen-bond donors (Lipinski definition) is 0. The zero-order chi connectivity index (χ0) is 13.9. The van der Waals surface area contributed by atoms with Crippen LogP contribution in [0.5, 0.6) is 0 Å². The Balaban J connectivity index is 4.76. The number of hydrogen-bond acceptors (Lipinski definition) is 3. The van der Waals surface area contributed by atoms with E-state index >= 15 is 0 Å². The number of rotatable bonds is 5. The fourth-order valence-electron chi connectivity index (χ4n) is 1.37. The molecule has 0 fully saturated rings. The second kappa shape index (κ2) is 5.86. The molecule has 0 amide bonds. The van der Waals surface area contributed by atoms with Crippen molar-refractivity contribution >= 4 is 7.60 Å². The van der Waals surface area contributed by atoms with Crippen LogP contribution in [0, 0.1) is 11.3 Å². The Bertz CT molecular complexity index is 251. The van der Waals surface area contributed by atoms with Crippen molar-refractivity contribution in [3.63, 3.8) is 0 Å². The van der Waals surface area contributed by atoms with E-state index in [4.69, 9.17) is 9.05 Å². The first kappa shape index (κ1) is 17.2. The average molecular weight is 264 g/mol. The van der Waals surface area contributed by atoms with Gasteiger partial charge in [0.05, 0.1) is 18.4 Å². The van der Waals surface area contributed by atoms with E-state index in [1.807, 2.05) is 55.4 Å². The molecule has 0 radical (unpaired) electrons. The largest absolute Gasteiger partial charge is 0.331 e. The van der Waals surface area contributed by atoms with Gasteiger partial charge in [0.15, 0.2) is 0 Å². The Kier molecular flexibility index (Phi) is 5.91. The molecule has 0 bridgehead atoms. The van der Waals surface area contributed by atoms with Gasteiger partial charge in [0.25, 0.3) is 0 Å². The summed E-state index contributed by atoms with van der Waals surface area (Å²) < 4.78 is 24.0. The van der Waals surface area contributed by atoms with Crippen molar-refractivity contribution in [2.75, 3.05) is 12.8 Å². The van der Waals surface area contributed by atoms with Crippen LogP contribution in [0.3, 0.4) is 0 Å². The van der Waals surface area contributed by atoms with Crippen LogP contribution in [0.4, 0.5) is 0 Å². The van der Waals surface area contributed by atoms with Gasteiger partial charge in [-0.3, -0.25) is 4.57 Å². The van der Waals surface area contributed by atoms with Crippen LogP contribution in [-0.2, 0) is 13.6 Å². The first-order valence-corrected chi connectivity index (χ1v) is 8.00. The smallest absolute Gasteiger partial charge is 0.308 e. The van der Waals surface area contributed by atoms with Crippen molar-refractivity contribution in [2.24, 2.45) is 11.3 Å². The third-order valence-electron chi connectivity index (χ3n) is 1.69. The van der Waals surface area contributed by atoms with Crippen LogP contribution in [0.25, 0.3) is 0 Å². The molecule has 0 heterocycles. The van der Waals surface area contributed by atoms with Gasteiger partial charge in [0, 0.05) is 0 Å². The quantitative estimate of drug-likeness (QED) is 0.674. The monoisotopic (exact) mass is 264 g/mol. The molecule has 0 spiro atoms. The summed E-state index contributed by atoms with van der Waals surface area (Å²) in [5, 5.41) is 0. The van der Waals surface area contributed by atoms with E-state index in [1.165, 1.54) is 0 Å². The first-order valence-electron chi connectivity index (χ1n) is 6.27. The molecule has 0 aromatic rings. The molecule has 0 saturated carbocycles. The highest BCUT2D eigenvalue weighted by Gasteiger charge is 2.35. The van der Waals surface area contributed by atoms with Crippen LogP contribution in [-0.4, -0.2) is 18.4 Å². The molecular weight excluding hydrogens is 235 g/mol. The van der Waals surface area contributed by atoms with E-state index in [1.54, 1.807) is 0 Å². The third kappa shape index (κ3) is 9.82. The summed E-state index contributed by atoms with van der Waals surface area (Å²) in [4.78, 5) is 0. The fraction of sp³-hybridized carbons (Fsp3) is 1.00. The van der Waals surface area contributed by atoms with Crippen LogP contribution in [0.15, 0.2) is 0 Å². The predicted octanol–water partition coefficient (Wildman–Crippen LogP) is 4.71. The molecule has 104 valence electrons. The van der Waals surface area contributed by atoms with E-state index in [0.717, 1.165) is 0 Å². The molecule has 0 rings (SSSR count). The van der Waals surface area contributed by atoms with Gasteiger partial charge in [-0.1, -0.05) is 34.6 Å². The van der Waals surface area contributed by atoms with Crippen LogP contribution in [0.1, 0.15) is 55.4 Å². The summed E-state index contributed by atoms with van der Waals surface area (Å²) in [5.74, 6) is 0.354. The second-order valence-corrected chi connectivity index (χ2v) is 9.20. The van der Waals surface area contributed by atoms with Gasteiger partial charge in [-0.05, 0) is 32.1 Å². The summed E-state index contributed by atoms with van der Waals surface area (Å²) >= 11 is 0. The second-order valence-electron chi connectivity index (χ2n) is 7.22. The van der Waals surface area contributed by atoms with Crippen molar-refractivity contribution in [1.82, 2.24) is 0 Å². The summed E-state index contributed by atoms with van der Waals surface area (Å²) in [7, 11) is -3.02. The van der Waals surface area contributed by atoms with E-state index in [-0.39, 0.29) is 5.41 Å². The van der Waals surface area contributed by atoms with Crippen molar-refractivity contribution in [2.45, 2.75) is 61.0 Å². The fourth-order valence-corrected chi connectivity index (χ4v) is 4.10. The maximum atomic E-state index is 12.7. The highest BCUT2D eigenvalue weighted by atomic mass is 31.2. The minimum Gasteiger partial charge on any atom is -0.308 e. The Morgan fingerprint density at radius 3 is 1.82 bits per heavy atom. The van der Waals surface area contributed by atoms with E-state index in [2.05, 4.69) is 0 Å². The molecule has 0 aliphatic carbocycles. The van der Waals surface area contributed by atoms with Crippen LogP contribution < -0.4 is 0 Å². The molecule has 1 unspecified atom stereocenters. The zero-order valence-corrected chi connectivity index (χ0v) is 13.6. The molecule has 0 N–H and O–H groups in total. The van der Waals surface area contributed by atoms with Gasteiger partial charge in [0.1, 0.15) is 0 Å². The third-order valence-corrected chi connectivity index (χ3v) is 4.39. The Hall–Kier alpha value is 0.150. The molecular formula is C13H29O3P. The van der Waals surface area contributed by atoms with Gasteiger partial charge >= 0.3 is 7.60 Å². The zero-order valence-electron chi connectivity index (χ0n) is 12.7. The van der Waals surface area contributed by atoms with E-state index < -0.39 is 13.2 Å². The lowest BCUT2D eigenvalue weighted by Gasteiger charge is -2.31. The van der Waals surface area contributed by atoms with Crippen molar-refractivity contribution in [3.8, 4) is 0 Å². The van der Waals surface area contributed by atoms with Crippen LogP contribution in [0.2, 0.25) is 0 Å². The SMILES string of the molecule is CC(C)COP(=O)(CC(C)(C)C)OC(C)(C)C. The maximum absolute atomic E-state index is 12.7. The highest BCUT2D eigenvalue weighted by molar-refractivity contribution is 7.53. The van der Waals surface area contributed by atoms with Gasteiger partial charge in [-0.2, -0.15) is 0 Å². The Morgan fingerprint density at radius 1 is 1.06 bits per heavy atom. The summed E-state index contributed by atoms with van der Waals surface area (Å²) in [5.41, 5.74) is -0.518. The molecule has 0 saturated heterocycles. The minimum absolute atomic E-state index is 0.0717. The molecule has 0 aliphatic rings. The molecule has 0 aromatic heterocycles. The van der Waals surface area contributed by atoms with E-state index in [0.29, 0.717) is 18.7 Å². The van der Waals surface area contributed by atoms with Gasteiger partial charge in [-0.25, -0.2) is 0 Å². The average Bonchev–Trinajstić information content (AvgIpc) is 1.93. The molecule has 0 aromatic carbocycles. The predicted molar refractivity (Wildman–Crippen MR) is 73.6 cm³/mol. The Morgan fingerprint density at radius 2 is 1.53 bits per heavy atom. The van der Waals surface area contributed by atoms with Gasteiger partial charge < -0.3 is 9.05 Å². The maximum Gasteiger partial charge on any atom is 0.331 e. The topological polar surface area (TPSA) is 35.5 Å². The summed E-state index contributed by atoms with van der Waals surface area (Å²) in [6.45, 7) is 16.4. The lowest BCUT2D eigenvalue weighted by atomic mass is 10.0. The first-order chi connectivity index (χ1) is 7.33. The summed E-state index contributed by atoms with van der Waals surface area (Å²) in [6, 6.07) is 0. The normalized spacial score (nSPS) is 17.2. The molecule has 4 heteroatoms.